The Morgan fingerprint density at radius 2 is 2.00 bits per heavy atom. The Labute approximate surface area is 125 Å². The first-order valence-corrected chi connectivity index (χ1v) is 7.37. The Kier molecular flexibility index (Phi) is 4.79. The molecule has 2 unspecified atom stereocenters. The maximum absolute atomic E-state index is 11.6. The fourth-order valence-electron chi connectivity index (χ4n) is 1.74. The fraction of sp³-hybridized carbons (Fsp3) is 0.385. The molecule has 0 saturated heterocycles. The van der Waals surface area contributed by atoms with Gasteiger partial charge in [0.15, 0.2) is 0 Å². The van der Waals surface area contributed by atoms with Crippen LogP contribution in [0.3, 0.4) is 0 Å². The number of hydrazine groups is 1. The van der Waals surface area contributed by atoms with Crippen molar-refractivity contribution in [3.05, 3.63) is 39.9 Å². The van der Waals surface area contributed by atoms with E-state index in [1.165, 1.54) is 11.8 Å². The van der Waals surface area contributed by atoms with Crippen LogP contribution in [0.15, 0.2) is 29.2 Å². The van der Waals surface area contributed by atoms with Crippen LogP contribution in [-0.2, 0) is 9.59 Å². The van der Waals surface area contributed by atoms with Crippen molar-refractivity contribution < 1.29 is 14.5 Å². The first-order chi connectivity index (χ1) is 9.97. The van der Waals surface area contributed by atoms with Crippen molar-refractivity contribution in [2.75, 3.05) is 5.75 Å². The summed E-state index contributed by atoms with van der Waals surface area (Å²) in [5, 5.41) is 10.4. The molecule has 0 spiro atoms. The summed E-state index contributed by atoms with van der Waals surface area (Å²) < 4.78 is 0. The molecule has 2 atom stereocenters. The Morgan fingerprint density at radius 1 is 1.33 bits per heavy atom. The van der Waals surface area contributed by atoms with E-state index in [4.69, 9.17) is 0 Å². The van der Waals surface area contributed by atoms with E-state index in [-0.39, 0.29) is 18.1 Å². The minimum Gasteiger partial charge on any atom is -0.273 e. The Hall–Kier alpha value is -2.09. The highest BCUT2D eigenvalue weighted by Crippen LogP contribution is 2.32. The van der Waals surface area contributed by atoms with Crippen molar-refractivity contribution in [2.45, 2.75) is 24.3 Å². The van der Waals surface area contributed by atoms with Gasteiger partial charge in [-0.2, -0.15) is 0 Å². The summed E-state index contributed by atoms with van der Waals surface area (Å²) in [6, 6.07) is 6.92. The number of carbonyl (C=O) groups excluding carboxylic acids is 2. The van der Waals surface area contributed by atoms with Crippen LogP contribution >= 0.6 is 11.8 Å². The third-order valence-electron chi connectivity index (χ3n) is 3.08. The van der Waals surface area contributed by atoms with Gasteiger partial charge in [0.05, 0.1) is 5.75 Å². The molecule has 0 radical (unpaired) electrons. The molecule has 0 bridgehead atoms. The molecule has 1 aliphatic rings. The van der Waals surface area contributed by atoms with Gasteiger partial charge in [-0.25, -0.2) is 0 Å². The number of hydrogen-bond acceptors (Lipinski definition) is 5. The summed E-state index contributed by atoms with van der Waals surface area (Å²) in [5.41, 5.74) is 5.62. The SMILES string of the molecule is Cc1ccc(SCC(=O)NNC(=O)C2CC2[N+](=O)[O-])cc1. The van der Waals surface area contributed by atoms with E-state index in [1.807, 2.05) is 31.2 Å². The lowest BCUT2D eigenvalue weighted by molar-refractivity contribution is -0.497. The standard InChI is InChI=1S/C13H15N3O4S/c1-8-2-4-9(5-3-8)21-7-12(17)14-15-13(18)10-6-11(10)16(19)20/h2-5,10-11H,6-7H2,1H3,(H,14,17)(H,15,18). The van der Waals surface area contributed by atoms with Crippen LogP contribution in [0.1, 0.15) is 12.0 Å². The minimum absolute atomic E-state index is 0.159. The molecule has 1 aliphatic carbocycles. The molecule has 21 heavy (non-hydrogen) atoms. The number of thioether (sulfide) groups is 1. The second-order valence-electron chi connectivity index (χ2n) is 4.83. The molecule has 2 amide bonds. The third kappa shape index (κ3) is 4.45. The average Bonchev–Trinajstić information content (AvgIpc) is 3.25. The maximum Gasteiger partial charge on any atom is 0.248 e. The Morgan fingerprint density at radius 3 is 2.57 bits per heavy atom. The summed E-state index contributed by atoms with van der Waals surface area (Å²) in [7, 11) is 0. The number of aryl methyl sites for hydroxylation is 1. The van der Waals surface area contributed by atoms with Gasteiger partial charge in [0.1, 0.15) is 5.92 Å². The molecule has 1 saturated carbocycles. The largest absolute Gasteiger partial charge is 0.273 e. The van der Waals surface area contributed by atoms with Crippen molar-refractivity contribution in [3.8, 4) is 0 Å². The smallest absolute Gasteiger partial charge is 0.248 e. The van der Waals surface area contributed by atoms with Gasteiger partial charge in [0.2, 0.25) is 17.9 Å². The van der Waals surface area contributed by atoms with Crippen molar-refractivity contribution in [2.24, 2.45) is 5.92 Å². The molecule has 2 N–H and O–H groups in total. The molecule has 1 aromatic carbocycles. The number of carbonyl (C=O) groups is 2. The van der Waals surface area contributed by atoms with Crippen LogP contribution in [0.2, 0.25) is 0 Å². The number of nitro groups is 1. The quantitative estimate of drug-likeness (QED) is 0.478. The van der Waals surface area contributed by atoms with Crippen LogP contribution in [0.4, 0.5) is 0 Å². The number of rotatable bonds is 5. The lowest BCUT2D eigenvalue weighted by Crippen LogP contribution is -2.43. The van der Waals surface area contributed by atoms with Crippen LogP contribution in [0.5, 0.6) is 0 Å². The molecular weight excluding hydrogens is 294 g/mol. The second kappa shape index (κ2) is 6.57. The molecule has 0 heterocycles. The van der Waals surface area contributed by atoms with E-state index in [0.717, 1.165) is 10.5 Å². The summed E-state index contributed by atoms with van der Waals surface area (Å²) in [5.74, 6) is -1.34. The summed E-state index contributed by atoms with van der Waals surface area (Å²) in [4.78, 5) is 34.0. The molecule has 0 aliphatic heterocycles. The van der Waals surface area contributed by atoms with Gasteiger partial charge < -0.3 is 0 Å². The van der Waals surface area contributed by atoms with Crippen molar-refractivity contribution in [3.63, 3.8) is 0 Å². The predicted molar refractivity (Wildman–Crippen MR) is 77.1 cm³/mol. The molecule has 1 aromatic rings. The molecule has 7 nitrogen and oxygen atoms in total. The Balaban J connectivity index is 1.67. The molecule has 1 fully saturated rings. The highest BCUT2D eigenvalue weighted by molar-refractivity contribution is 8.00. The highest BCUT2D eigenvalue weighted by Gasteiger charge is 2.53. The number of nitrogens with one attached hydrogen (secondary N) is 2. The van der Waals surface area contributed by atoms with Gasteiger partial charge in [0, 0.05) is 16.2 Å². The van der Waals surface area contributed by atoms with Crippen LogP contribution in [-0.4, -0.2) is 28.5 Å². The van der Waals surface area contributed by atoms with E-state index in [9.17, 15) is 19.7 Å². The maximum atomic E-state index is 11.6. The Bertz CT molecular complexity index is 561. The van der Waals surface area contributed by atoms with E-state index >= 15 is 0 Å². The second-order valence-corrected chi connectivity index (χ2v) is 5.88. The van der Waals surface area contributed by atoms with Crippen molar-refractivity contribution in [1.82, 2.24) is 10.9 Å². The molecule has 8 heteroatoms. The van der Waals surface area contributed by atoms with Gasteiger partial charge in [-0.3, -0.25) is 30.6 Å². The number of hydrogen-bond donors (Lipinski definition) is 2. The van der Waals surface area contributed by atoms with E-state index in [1.54, 1.807) is 0 Å². The van der Waals surface area contributed by atoms with Gasteiger partial charge in [-0.1, -0.05) is 17.7 Å². The molecule has 0 aromatic heterocycles. The molecule has 2 rings (SSSR count). The van der Waals surface area contributed by atoms with E-state index < -0.39 is 22.8 Å². The average molecular weight is 309 g/mol. The van der Waals surface area contributed by atoms with Crippen LogP contribution < -0.4 is 10.9 Å². The normalized spacial score (nSPS) is 19.7. The van der Waals surface area contributed by atoms with E-state index in [2.05, 4.69) is 10.9 Å². The van der Waals surface area contributed by atoms with Crippen molar-refractivity contribution in [1.29, 1.82) is 0 Å². The minimum atomic E-state index is -0.816. The predicted octanol–water partition coefficient (Wildman–Crippen LogP) is 0.900. The fourth-order valence-corrected chi connectivity index (χ4v) is 2.44. The number of benzene rings is 1. The van der Waals surface area contributed by atoms with Crippen LogP contribution in [0.25, 0.3) is 0 Å². The van der Waals surface area contributed by atoms with Gasteiger partial charge >= 0.3 is 0 Å². The van der Waals surface area contributed by atoms with Gasteiger partial charge in [-0.05, 0) is 19.1 Å². The highest BCUT2D eigenvalue weighted by atomic mass is 32.2. The lowest BCUT2D eigenvalue weighted by atomic mass is 10.2. The monoisotopic (exact) mass is 309 g/mol. The van der Waals surface area contributed by atoms with Crippen molar-refractivity contribution >= 4 is 23.6 Å². The lowest BCUT2D eigenvalue weighted by Gasteiger charge is -2.06. The third-order valence-corrected chi connectivity index (χ3v) is 4.09. The zero-order valence-electron chi connectivity index (χ0n) is 11.4. The van der Waals surface area contributed by atoms with E-state index in [0.29, 0.717) is 0 Å². The van der Waals surface area contributed by atoms with Gasteiger partial charge in [-0.15, -0.1) is 11.8 Å². The zero-order valence-corrected chi connectivity index (χ0v) is 12.2. The zero-order chi connectivity index (χ0) is 15.4. The molecular formula is C13H15N3O4S. The molecule has 112 valence electrons. The van der Waals surface area contributed by atoms with Gasteiger partial charge in [0.25, 0.3) is 0 Å². The topological polar surface area (TPSA) is 101 Å². The first-order valence-electron chi connectivity index (χ1n) is 6.39. The summed E-state index contributed by atoms with van der Waals surface area (Å²) >= 11 is 1.35. The first kappa shape index (κ1) is 15.3. The summed E-state index contributed by atoms with van der Waals surface area (Å²) in [6.07, 6.45) is 0.229. The number of nitrogens with zero attached hydrogens (tertiary/aromatic N) is 1. The summed E-state index contributed by atoms with van der Waals surface area (Å²) in [6.45, 7) is 1.98. The van der Waals surface area contributed by atoms with Crippen LogP contribution in [0, 0.1) is 23.0 Å². The number of amides is 2.